The number of esters is 1. The molecule has 0 saturated heterocycles. The summed E-state index contributed by atoms with van der Waals surface area (Å²) in [5.41, 5.74) is 0.846. The molecule has 8 nitrogen and oxygen atoms in total. The standard InChI is InChI=1S/C11H12N4O4S2/c1-3-18-9(17)8-14-15-11(19-8)21-5-7(16)13-10-12-6(2)4-20-10/h4H,3,5H2,1-2H3,(H,12,13,16). The quantitative estimate of drug-likeness (QED) is 0.631. The van der Waals surface area contributed by atoms with Gasteiger partial charge in [-0.1, -0.05) is 16.9 Å². The number of carbonyl (C=O) groups is 2. The molecule has 0 spiro atoms. The molecule has 21 heavy (non-hydrogen) atoms. The molecule has 0 saturated carbocycles. The second kappa shape index (κ2) is 7.18. The van der Waals surface area contributed by atoms with Crippen molar-refractivity contribution in [3.05, 3.63) is 17.0 Å². The van der Waals surface area contributed by atoms with E-state index in [1.54, 1.807) is 6.92 Å². The van der Waals surface area contributed by atoms with Gasteiger partial charge in [0.25, 0.3) is 5.22 Å². The summed E-state index contributed by atoms with van der Waals surface area (Å²) < 4.78 is 9.79. The van der Waals surface area contributed by atoms with Crippen molar-refractivity contribution in [3.8, 4) is 0 Å². The SMILES string of the molecule is CCOC(=O)c1nnc(SCC(=O)Nc2nc(C)cs2)o1. The van der Waals surface area contributed by atoms with E-state index in [2.05, 4.69) is 20.5 Å². The van der Waals surface area contributed by atoms with E-state index in [1.165, 1.54) is 11.3 Å². The molecule has 2 heterocycles. The van der Waals surface area contributed by atoms with Crippen LogP contribution in [0.3, 0.4) is 0 Å². The van der Waals surface area contributed by atoms with Crippen molar-refractivity contribution in [1.29, 1.82) is 0 Å². The van der Waals surface area contributed by atoms with Gasteiger partial charge in [-0.05, 0) is 13.8 Å². The van der Waals surface area contributed by atoms with E-state index in [0.29, 0.717) is 5.13 Å². The van der Waals surface area contributed by atoms with E-state index < -0.39 is 5.97 Å². The van der Waals surface area contributed by atoms with Crippen LogP contribution in [0.25, 0.3) is 0 Å². The van der Waals surface area contributed by atoms with Crippen LogP contribution in [0.15, 0.2) is 15.0 Å². The molecule has 2 rings (SSSR count). The van der Waals surface area contributed by atoms with Crippen LogP contribution in [0.1, 0.15) is 23.3 Å². The Morgan fingerprint density at radius 3 is 2.95 bits per heavy atom. The first kappa shape index (κ1) is 15.4. The number of rotatable bonds is 6. The topological polar surface area (TPSA) is 107 Å². The molecule has 2 aromatic heterocycles. The van der Waals surface area contributed by atoms with Gasteiger partial charge in [-0.25, -0.2) is 9.78 Å². The summed E-state index contributed by atoms with van der Waals surface area (Å²) in [5, 5.41) is 12.4. The van der Waals surface area contributed by atoms with Crippen molar-refractivity contribution in [2.45, 2.75) is 19.1 Å². The lowest BCUT2D eigenvalue weighted by atomic mass is 10.6. The second-order valence-corrected chi connectivity index (χ2v) is 5.51. The number of thioether (sulfide) groups is 1. The largest absolute Gasteiger partial charge is 0.459 e. The fraction of sp³-hybridized carbons (Fsp3) is 0.364. The summed E-state index contributed by atoms with van der Waals surface area (Å²) in [6, 6.07) is 0. The summed E-state index contributed by atoms with van der Waals surface area (Å²) in [5.74, 6) is -1.08. The Kier molecular flexibility index (Phi) is 5.28. The van der Waals surface area contributed by atoms with Gasteiger partial charge in [-0.15, -0.1) is 16.4 Å². The minimum atomic E-state index is -0.681. The molecule has 1 N–H and O–H groups in total. The lowest BCUT2D eigenvalue weighted by Crippen LogP contribution is -2.13. The number of aryl methyl sites for hydroxylation is 1. The van der Waals surface area contributed by atoms with Gasteiger partial charge in [0.2, 0.25) is 5.91 Å². The van der Waals surface area contributed by atoms with Crippen molar-refractivity contribution in [2.75, 3.05) is 17.7 Å². The molecule has 0 aliphatic carbocycles. The molecule has 112 valence electrons. The number of ether oxygens (including phenoxy) is 1. The average Bonchev–Trinajstić information content (AvgIpc) is 3.06. The number of nitrogens with zero attached hydrogens (tertiary/aromatic N) is 3. The van der Waals surface area contributed by atoms with Crippen LogP contribution >= 0.6 is 23.1 Å². The zero-order valence-corrected chi connectivity index (χ0v) is 12.9. The predicted molar refractivity (Wildman–Crippen MR) is 76.5 cm³/mol. The highest BCUT2D eigenvalue weighted by atomic mass is 32.2. The number of anilines is 1. The van der Waals surface area contributed by atoms with Crippen molar-refractivity contribution in [1.82, 2.24) is 15.2 Å². The lowest BCUT2D eigenvalue weighted by molar-refractivity contribution is -0.113. The number of hydrogen-bond donors (Lipinski definition) is 1. The lowest BCUT2D eigenvalue weighted by Gasteiger charge is -1.98. The molecule has 0 aliphatic heterocycles. The first-order chi connectivity index (χ1) is 10.1. The molecule has 0 aliphatic rings. The fourth-order valence-electron chi connectivity index (χ4n) is 1.24. The molecule has 1 amide bonds. The van der Waals surface area contributed by atoms with Gasteiger partial charge in [0.05, 0.1) is 18.1 Å². The van der Waals surface area contributed by atoms with Crippen molar-refractivity contribution in [3.63, 3.8) is 0 Å². The van der Waals surface area contributed by atoms with Gasteiger partial charge in [0, 0.05) is 5.38 Å². The molecular weight excluding hydrogens is 316 g/mol. The maximum Gasteiger partial charge on any atom is 0.396 e. The zero-order valence-electron chi connectivity index (χ0n) is 11.3. The molecule has 0 bridgehead atoms. The highest BCUT2D eigenvalue weighted by Crippen LogP contribution is 2.18. The number of carbonyl (C=O) groups excluding carboxylic acids is 2. The third-order valence-corrected chi connectivity index (χ3v) is 3.74. The van der Waals surface area contributed by atoms with Crippen molar-refractivity contribution >= 4 is 40.1 Å². The number of amides is 1. The van der Waals surface area contributed by atoms with Gasteiger partial charge in [0.15, 0.2) is 5.13 Å². The van der Waals surface area contributed by atoms with E-state index >= 15 is 0 Å². The fourth-order valence-corrected chi connectivity index (χ4v) is 2.50. The Hall–Kier alpha value is -1.94. The molecular formula is C11H12N4O4S2. The third-order valence-electron chi connectivity index (χ3n) is 2.05. The Labute approximate surface area is 128 Å². The van der Waals surface area contributed by atoms with E-state index in [0.717, 1.165) is 17.5 Å². The summed E-state index contributed by atoms with van der Waals surface area (Å²) in [4.78, 5) is 27.1. The van der Waals surface area contributed by atoms with Gasteiger partial charge < -0.3 is 14.5 Å². The van der Waals surface area contributed by atoms with Gasteiger partial charge in [0.1, 0.15) is 0 Å². The summed E-state index contributed by atoms with van der Waals surface area (Å²) >= 11 is 2.38. The molecule has 0 unspecified atom stereocenters. The van der Waals surface area contributed by atoms with Crippen LogP contribution in [-0.2, 0) is 9.53 Å². The van der Waals surface area contributed by atoms with Crippen LogP contribution in [0, 0.1) is 6.92 Å². The highest BCUT2D eigenvalue weighted by Gasteiger charge is 2.17. The molecule has 2 aromatic rings. The number of aromatic nitrogens is 3. The smallest absolute Gasteiger partial charge is 0.396 e. The Morgan fingerprint density at radius 1 is 1.48 bits per heavy atom. The number of nitrogens with one attached hydrogen (secondary N) is 1. The first-order valence-electron chi connectivity index (χ1n) is 5.94. The first-order valence-corrected chi connectivity index (χ1v) is 7.80. The van der Waals surface area contributed by atoms with E-state index in [-0.39, 0.29) is 29.4 Å². The summed E-state index contributed by atoms with van der Waals surface area (Å²) in [6.45, 7) is 3.74. The van der Waals surface area contributed by atoms with Gasteiger partial charge in [-0.2, -0.15) is 0 Å². The molecule has 0 atom stereocenters. The monoisotopic (exact) mass is 328 g/mol. The minimum absolute atomic E-state index is 0.0725. The molecule has 0 aromatic carbocycles. The molecule has 0 fully saturated rings. The van der Waals surface area contributed by atoms with Gasteiger partial charge in [-0.3, -0.25) is 4.79 Å². The molecule has 10 heteroatoms. The highest BCUT2D eigenvalue weighted by molar-refractivity contribution is 7.99. The van der Waals surface area contributed by atoms with Crippen molar-refractivity contribution < 1.29 is 18.7 Å². The molecule has 0 radical (unpaired) electrons. The van der Waals surface area contributed by atoms with Crippen LogP contribution in [0.5, 0.6) is 0 Å². The Balaban J connectivity index is 1.82. The van der Waals surface area contributed by atoms with E-state index in [4.69, 9.17) is 9.15 Å². The van der Waals surface area contributed by atoms with E-state index in [1.807, 2.05) is 12.3 Å². The Morgan fingerprint density at radius 2 is 2.29 bits per heavy atom. The van der Waals surface area contributed by atoms with Crippen LogP contribution in [0.2, 0.25) is 0 Å². The average molecular weight is 328 g/mol. The maximum absolute atomic E-state index is 11.7. The van der Waals surface area contributed by atoms with Crippen molar-refractivity contribution in [2.24, 2.45) is 0 Å². The Bertz CT molecular complexity index is 640. The normalized spacial score (nSPS) is 10.4. The third kappa shape index (κ3) is 4.53. The minimum Gasteiger partial charge on any atom is -0.459 e. The number of thiazole rings is 1. The number of hydrogen-bond acceptors (Lipinski definition) is 9. The van der Waals surface area contributed by atoms with Crippen LogP contribution in [0.4, 0.5) is 5.13 Å². The second-order valence-electron chi connectivity index (χ2n) is 3.72. The zero-order chi connectivity index (χ0) is 15.2. The van der Waals surface area contributed by atoms with Gasteiger partial charge >= 0.3 is 11.9 Å². The van der Waals surface area contributed by atoms with Crippen LogP contribution in [-0.4, -0.2) is 39.4 Å². The van der Waals surface area contributed by atoms with E-state index in [9.17, 15) is 9.59 Å². The summed E-state index contributed by atoms with van der Waals surface area (Å²) in [6.07, 6.45) is 0. The predicted octanol–water partition coefficient (Wildman–Crippen LogP) is 1.74. The summed E-state index contributed by atoms with van der Waals surface area (Å²) in [7, 11) is 0. The van der Waals surface area contributed by atoms with Crippen LogP contribution < -0.4 is 5.32 Å². The maximum atomic E-state index is 11.7.